The van der Waals surface area contributed by atoms with Gasteiger partial charge in [-0.3, -0.25) is 0 Å². The zero-order chi connectivity index (χ0) is 22.5. The highest BCUT2D eigenvalue weighted by atomic mass is 15.1. The molecule has 0 atom stereocenters. The quantitative estimate of drug-likeness (QED) is 0.279. The van der Waals surface area contributed by atoms with Crippen LogP contribution in [0.3, 0.4) is 0 Å². The van der Waals surface area contributed by atoms with Gasteiger partial charge < -0.3 is 9.47 Å². The minimum atomic E-state index is 1.21. The van der Waals surface area contributed by atoms with E-state index >= 15 is 0 Å². The van der Waals surface area contributed by atoms with E-state index in [1.165, 1.54) is 60.5 Å². The Morgan fingerprint density at radius 3 is 2.00 bits per heavy atom. The van der Waals surface area contributed by atoms with Gasteiger partial charge in [-0.05, 0) is 69.4 Å². The van der Waals surface area contributed by atoms with Gasteiger partial charge in [0, 0.05) is 48.6 Å². The summed E-state index contributed by atoms with van der Waals surface area (Å²) >= 11 is 0. The van der Waals surface area contributed by atoms with Crippen molar-refractivity contribution in [1.29, 1.82) is 0 Å². The summed E-state index contributed by atoms with van der Waals surface area (Å²) in [6.45, 7) is 0. The lowest BCUT2D eigenvalue weighted by molar-refractivity contribution is 1.01. The van der Waals surface area contributed by atoms with Crippen molar-refractivity contribution in [1.82, 2.24) is 4.57 Å². The molecule has 0 saturated heterocycles. The SMILES string of the molecule is CN(C)c1cccc(-c2cccc(-c3ccc4c(c3)c3c5ccccc5ccc3n4C)c2)c1. The Bertz CT molecular complexity index is 1650. The summed E-state index contributed by atoms with van der Waals surface area (Å²) in [5.74, 6) is 0. The minimum Gasteiger partial charge on any atom is -0.378 e. The van der Waals surface area contributed by atoms with Crippen molar-refractivity contribution in [3.05, 3.63) is 103 Å². The second-order valence-electron chi connectivity index (χ2n) is 9.00. The maximum atomic E-state index is 2.36. The van der Waals surface area contributed by atoms with Crippen LogP contribution in [0.2, 0.25) is 0 Å². The van der Waals surface area contributed by atoms with Crippen LogP contribution in [-0.2, 0) is 7.05 Å². The van der Waals surface area contributed by atoms with Gasteiger partial charge in [-0.1, -0.05) is 66.7 Å². The van der Waals surface area contributed by atoms with E-state index in [9.17, 15) is 0 Å². The van der Waals surface area contributed by atoms with E-state index < -0.39 is 0 Å². The molecule has 1 aromatic heterocycles. The highest BCUT2D eigenvalue weighted by Crippen LogP contribution is 2.37. The Kier molecular flexibility index (Phi) is 4.48. The number of aryl methyl sites for hydroxylation is 1. The average Bonchev–Trinajstić information content (AvgIpc) is 3.16. The molecule has 0 aliphatic carbocycles. The molecule has 0 amide bonds. The van der Waals surface area contributed by atoms with Crippen molar-refractivity contribution >= 4 is 38.3 Å². The predicted octanol–water partition coefficient (Wildman–Crippen LogP) is 7.88. The summed E-state index contributed by atoms with van der Waals surface area (Å²) in [5.41, 5.74) is 8.70. The molecule has 0 spiro atoms. The lowest BCUT2D eigenvalue weighted by atomic mass is 9.97. The molecule has 0 radical (unpaired) electrons. The minimum absolute atomic E-state index is 1.21. The monoisotopic (exact) mass is 426 g/mol. The van der Waals surface area contributed by atoms with Crippen LogP contribution in [0.25, 0.3) is 54.8 Å². The number of benzene rings is 5. The summed E-state index contributed by atoms with van der Waals surface area (Å²) in [5, 5.41) is 5.24. The maximum Gasteiger partial charge on any atom is 0.0495 e. The van der Waals surface area contributed by atoms with Gasteiger partial charge in [0.25, 0.3) is 0 Å². The molecule has 6 aromatic rings. The molecule has 0 aliphatic rings. The van der Waals surface area contributed by atoms with Gasteiger partial charge in [0.05, 0.1) is 0 Å². The van der Waals surface area contributed by atoms with Gasteiger partial charge >= 0.3 is 0 Å². The predicted molar refractivity (Wildman–Crippen MR) is 143 cm³/mol. The number of aromatic nitrogens is 1. The number of anilines is 1. The molecule has 160 valence electrons. The van der Waals surface area contributed by atoms with E-state index in [1.54, 1.807) is 0 Å². The van der Waals surface area contributed by atoms with Crippen molar-refractivity contribution < 1.29 is 0 Å². The zero-order valence-electron chi connectivity index (χ0n) is 19.2. The smallest absolute Gasteiger partial charge is 0.0495 e. The molecule has 5 aromatic carbocycles. The first-order valence-electron chi connectivity index (χ1n) is 11.4. The van der Waals surface area contributed by atoms with E-state index in [2.05, 4.69) is 134 Å². The fraction of sp³-hybridized carbons (Fsp3) is 0.0968. The lowest BCUT2D eigenvalue weighted by Gasteiger charge is -2.14. The fourth-order valence-corrected chi connectivity index (χ4v) is 5.00. The summed E-state index contributed by atoms with van der Waals surface area (Å²) in [4.78, 5) is 2.14. The fourth-order valence-electron chi connectivity index (χ4n) is 5.00. The summed E-state index contributed by atoms with van der Waals surface area (Å²) < 4.78 is 2.31. The van der Waals surface area contributed by atoms with Crippen LogP contribution >= 0.6 is 0 Å². The first-order valence-corrected chi connectivity index (χ1v) is 11.4. The van der Waals surface area contributed by atoms with Crippen molar-refractivity contribution in [3.63, 3.8) is 0 Å². The second kappa shape index (κ2) is 7.53. The third-order valence-electron chi connectivity index (χ3n) is 6.79. The Morgan fingerprint density at radius 1 is 0.545 bits per heavy atom. The average molecular weight is 427 g/mol. The van der Waals surface area contributed by atoms with Crippen molar-refractivity contribution in [2.45, 2.75) is 0 Å². The van der Waals surface area contributed by atoms with Crippen LogP contribution in [0, 0.1) is 0 Å². The van der Waals surface area contributed by atoms with Gasteiger partial charge in [-0.2, -0.15) is 0 Å². The Morgan fingerprint density at radius 2 is 1.21 bits per heavy atom. The largest absolute Gasteiger partial charge is 0.378 e. The molecule has 0 N–H and O–H groups in total. The second-order valence-corrected chi connectivity index (χ2v) is 9.00. The lowest BCUT2D eigenvalue weighted by Crippen LogP contribution is -2.08. The zero-order valence-corrected chi connectivity index (χ0v) is 19.2. The number of fused-ring (bicyclic) bond motifs is 5. The van der Waals surface area contributed by atoms with Crippen LogP contribution in [0.1, 0.15) is 0 Å². The third-order valence-corrected chi connectivity index (χ3v) is 6.79. The first kappa shape index (κ1) is 19.6. The Hall–Kier alpha value is -4.04. The van der Waals surface area contributed by atoms with Crippen LogP contribution in [0.15, 0.2) is 103 Å². The van der Waals surface area contributed by atoms with Gasteiger partial charge in [-0.15, -0.1) is 0 Å². The van der Waals surface area contributed by atoms with E-state index in [-0.39, 0.29) is 0 Å². The molecule has 2 heteroatoms. The maximum absolute atomic E-state index is 2.36. The molecule has 0 fully saturated rings. The Labute approximate surface area is 194 Å². The molecular formula is C31H26N2. The van der Waals surface area contributed by atoms with E-state index in [4.69, 9.17) is 0 Å². The summed E-state index contributed by atoms with van der Waals surface area (Å²) in [7, 11) is 6.33. The third kappa shape index (κ3) is 3.18. The van der Waals surface area contributed by atoms with Gasteiger partial charge in [0.15, 0.2) is 0 Å². The number of nitrogens with zero attached hydrogens (tertiary/aromatic N) is 2. The van der Waals surface area contributed by atoms with Gasteiger partial charge in [0.1, 0.15) is 0 Å². The van der Waals surface area contributed by atoms with Gasteiger partial charge in [0.2, 0.25) is 0 Å². The topological polar surface area (TPSA) is 8.17 Å². The van der Waals surface area contributed by atoms with Crippen LogP contribution in [-0.4, -0.2) is 18.7 Å². The van der Waals surface area contributed by atoms with Crippen LogP contribution < -0.4 is 4.90 Å². The van der Waals surface area contributed by atoms with Crippen LogP contribution in [0.5, 0.6) is 0 Å². The molecule has 1 heterocycles. The highest BCUT2D eigenvalue weighted by molar-refractivity contribution is 6.21. The normalized spacial score (nSPS) is 11.5. The number of rotatable bonds is 3. The Balaban J connectivity index is 1.54. The van der Waals surface area contributed by atoms with E-state index in [1.807, 2.05) is 0 Å². The standard InChI is InChI=1S/C31H26N2/c1-32(2)26-12-7-11-24(19-26)22-9-6-10-23(18-22)25-15-16-29-28(20-25)31-27-13-5-4-8-21(27)14-17-30(31)33(29)3/h4-20H,1-3H3. The molecular weight excluding hydrogens is 400 g/mol. The first-order chi connectivity index (χ1) is 16.1. The van der Waals surface area contributed by atoms with Gasteiger partial charge in [-0.25, -0.2) is 0 Å². The van der Waals surface area contributed by atoms with E-state index in [0.717, 1.165) is 0 Å². The van der Waals surface area contributed by atoms with Crippen molar-refractivity contribution in [2.75, 3.05) is 19.0 Å². The molecule has 2 nitrogen and oxygen atoms in total. The molecule has 0 unspecified atom stereocenters. The molecule has 0 bridgehead atoms. The number of hydrogen-bond donors (Lipinski definition) is 0. The summed E-state index contributed by atoms with van der Waals surface area (Å²) in [6, 6.07) is 37.6. The van der Waals surface area contributed by atoms with Crippen LogP contribution in [0.4, 0.5) is 5.69 Å². The van der Waals surface area contributed by atoms with E-state index in [0.29, 0.717) is 0 Å². The van der Waals surface area contributed by atoms with Crippen molar-refractivity contribution in [2.24, 2.45) is 7.05 Å². The van der Waals surface area contributed by atoms with Crippen molar-refractivity contribution in [3.8, 4) is 22.3 Å². The molecule has 6 rings (SSSR count). The number of hydrogen-bond acceptors (Lipinski definition) is 1. The molecule has 0 saturated carbocycles. The highest BCUT2D eigenvalue weighted by Gasteiger charge is 2.13. The molecule has 0 aliphatic heterocycles. The summed E-state index contributed by atoms with van der Waals surface area (Å²) in [6.07, 6.45) is 0. The molecule has 33 heavy (non-hydrogen) atoms.